The third-order valence-corrected chi connectivity index (χ3v) is 10.6. The summed E-state index contributed by atoms with van der Waals surface area (Å²) in [7, 11) is 0. The Morgan fingerprint density at radius 1 is 0.978 bits per heavy atom. The molecule has 0 bridgehead atoms. The Morgan fingerprint density at radius 3 is 2.36 bits per heavy atom. The maximum Gasteiger partial charge on any atom is 0.410 e. The van der Waals surface area contributed by atoms with E-state index in [9.17, 15) is 14.4 Å². The molecule has 4 N–H and O–H groups in total. The average Bonchev–Trinajstić information content (AvgIpc) is 3.06. The van der Waals surface area contributed by atoms with Crippen molar-refractivity contribution in [3.63, 3.8) is 0 Å². The van der Waals surface area contributed by atoms with Crippen LogP contribution in [0, 0.1) is 18.8 Å². The number of nitrogens with zero attached hydrogens (tertiary/aromatic N) is 3. The van der Waals surface area contributed by atoms with Gasteiger partial charge in [0.1, 0.15) is 0 Å². The Kier molecular flexibility index (Phi) is 9.70. The lowest BCUT2D eigenvalue weighted by atomic mass is 9.79. The number of anilines is 2. The van der Waals surface area contributed by atoms with Crippen LogP contribution < -0.4 is 16.4 Å². The highest BCUT2D eigenvalue weighted by Gasteiger charge is 2.37. The number of hydrogen-bond acceptors (Lipinski definition) is 6. The number of rotatable bonds is 6. The van der Waals surface area contributed by atoms with E-state index in [1.807, 2.05) is 47.1 Å². The quantitative estimate of drug-likeness (QED) is 0.383. The minimum Gasteiger partial charge on any atom is -0.436 e. The molecule has 0 spiro atoms. The summed E-state index contributed by atoms with van der Waals surface area (Å²) >= 11 is 6.39. The van der Waals surface area contributed by atoms with E-state index in [1.165, 1.54) is 12.8 Å². The predicted octanol–water partition coefficient (Wildman–Crippen LogP) is 5.03. The molecule has 11 heteroatoms. The van der Waals surface area contributed by atoms with Gasteiger partial charge < -0.3 is 35.8 Å². The zero-order valence-electron chi connectivity index (χ0n) is 26.1. The SMILES string of the molecule is Cc1cc(C[C@@H](OC(=O)N2CCC(N3Cc4ccccc4NC3=O)CC2)C(=O)N2CCC(C3CCNCC3)CC2)cc(Cl)c1N. The van der Waals surface area contributed by atoms with Crippen molar-refractivity contribution in [2.45, 2.75) is 70.6 Å². The van der Waals surface area contributed by atoms with Gasteiger partial charge in [-0.3, -0.25) is 4.79 Å². The number of carbonyl (C=O) groups excluding carboxylic acids is 3. The predicted molar refractivity (Wildman–Crippen MR) is 175 cm³/mol. The number of nitrogen functional groups attached to an aromatic ring is 1. The molecule has 45 heavy (non-hydrogen) atoms. The van der Waals surface area contributed by atoms with Crippen LogP contribution in [0.3, 0.4) is 0 Å². The van der Waals surface area contributed by atoms with Gasteiger partial charge in [0, 0.05) is 50.9 Å². The molecule has 4 heterocycles. The minimum atomic E-state index is -0.964. The van der Waals surface area contributed by atoms with Crippen LogP contribution in [-0.4, -0.2) is 84.1 Å². The van der Waals surface area contributed by atoms with Crippen LogP contribution in [-0.2, 0) is 22.5 Å². The molecule has 3 saturated heterocycles. The fourth-order valence-electron chi connectivity index (χ4n) is 7.52. The molecule has 3 fully saturated rings. The van der Waals surface area contributed by atoms with Crippen LogP contribution >= 0.6 is 11.6 Å². The van der Waals surface area contributed by atoms with Gasteiger partial charge in [0.15, 0.2) is 6.10 Å². The maximum atomic E-state index is 13.9. The van der Waals surface area contributed by atoms with Crippen LogP contribution in [0.15, 0.2) is 36.4 Å². The molecule has 0 saturated carbocycles. The summed E-state index contributed by atoms with van der Waals surface area (Å²) in [6.45, 7) is 6.82. The second-order valence-electron chi connectivity index (χ2n) is 13.1. The number of halogens is 1. The fraction of sp³-hybridized carbons (Fsp3) is 0.559. The van der Waals surface area contributed by atoms with Crippen molar-refractivity contribution in [3.05, 3.63) is 58.1 Å². The number of piperidine rings is 3. The zero-order valence-corrected chi connectivity index (χ0v) is 26.9. The second-order valence-corrected chi connectivity index (χ2v) is 13.5. The van der Waals surface area contributed by atoms with Gasteiger partial charge in [-0.25, -0.2) is 9.59 Å². The van der Waals surface area contributed by atoms with E-state index >= 15 is 0 Å². The number of amides is 4. The van der Waals surface area contributed by atoms with Gasteiger partial charge >= 0.3 is 12.1 Å². The lowest BCUT2D eigenvalue weighted by Gasteiger charge is -2.41. The molecule has 4 aliphatic heterocycles. The summed E-state index contributed by atoms with van der Waals surface area (Å²) in [5.41, 5.74) is 10.1. The van der Waals surface area contributed by atoms with Gasteiger partial charge in [0.2, 0.25) is 0 Å². The maximum absolute atomic E-state index is 13.9. The number of aryl methyl sites for hydroxylation is 1. The second kappa shape index (κ2) is 13.9. The van der Waals surface area contributed by atoms with Crippen molar-refractivity contribution in [2.75, 3.05) is 50.3 Å². The molecule has 1 atom stereocenters. The van der Waals surface area contributed by atoms with E-state index in [-0.39, 0.29) is 24.4 Å². The topological polar surface area (TPSA) is 120 Å². The summed E-state index contributed by atoms with van der Waals surface area (Å²) in [6, 6.07) is 11.4. The number of nitrogens with two attached hydrogens (primary N) is 1. The highest BCUT2D eigenvalue weighted by atomic mass is 35.5. The summed E-state index contributed by atoms with van der Waals surface area (Å²) in [4.78, 5) is 45.7. The zero-order chi connectivity index (χ0) is 31.5. The van der Waals surface area contributed by atoms with Gasteiger partial charge in [-0.15, -0.1) is 0 Å². The van der Waals surface area contributed by atoms with Crippen LogP contribution in [0.2, 0.25) is 5.02 Å². The largest absolute Gasteiger partial charge is 0.436 e. The first kappa shape index (κ1) is 31.5. The lowest BCUT2D eigenvalue weighted by Crippen LogP contribution is -2.52. The molecule has 242 valence electrons. The first-order valence-electron chi connectivity index (χ1n) is 16.4. The van der Waals surface area contributed by atoms with Gasteiger partial charge in [-0.1, -0.05) is 35.9 Å². The van der Waals surface area contributed by atoms with Gasteiger partial charge in [0.05, 0.1) is 10.7 Å². The number of para-hydroxylation sites is 1. The summed E-state index contributed by atoms with van der Waals surface area (Å²) in [6.07, 6.45) is 4.39. The number of hydrogen-bond donors (Lipinski definition) is 3. The molecule has 0 aliphatic carbocycles. The highest BCUT2D eigenvalue weighted by Crippen LogP contribution is 2.32. The number of urea groups is 1. The molecule has 10 nitrogen and oxygen atoms in total. The van der Waals surface area contributed by atoms with Crippen molar-refractivity contribution in [3.8, 4) is 0 Å². The summed E-state index contributed by atoms with van der Waals surface area (Å²) < 4.78 is 6.03. The number of fused-ring (bicyclic) bond motifs is 1. The Balaban J connectivity index is 1.09. The monoisotopic (exact) mass is 636 g/mol. The summed E-state index contributed by atoms with van der Waals surface area (Å²) in [5, 5.41) is 6.86. The molecule has 4 aliphatic rings. The fourth-order valence-corrected chi connectivity index (χ4v) is 7.81. The van der Waals surface area contributed by atoms with E-state index in [0.717, 1.165) is 48.3 Å². The molecular formula is C34H45ClN6O4. The third-order valence-electron chi connectivity index (χ3n) is 10.3. The Labute approximate surface area is 270 Å². The number of nitrogens with one attached hydrogen (secondary N) is 2. The highest BCUT2D eigenvalue weighted by molar-refractivity contribution is 6.33. The molecule has 0 unspecified atom stereocenters. The van der Waals surface area contributed by atoms with Crippen molar-refractivity contribution in [1.82, 2.24) is 20.0 Å². The smallest absolute Gasteiger partial charge is 0.410 e. The molecule has 2 aromatic carbocycles. The lowest BCUT2D eigenvalue weighted by molar-refractivity contribution is -0.142. The van der Waals surface area contributed by atoms with E-state index < -0.39 is 12.2 Å². The van der Waals surface area contributed by atoms with Gasteiger partial charge in [-0.2, -0.15) is 0 Å². The Bertz CT molecular complexity index is 1380. The van der Waals surface area contributed by atoms with E-state index in [4.69, 9.17) is 22.1 Å². The van der Waals surface area contributed by atoms with Crippen molar-refractivity contribution in [2.24, 2.45) is 11.8 Å². The number of carbonyl (C=O) groups is 3. The van der Waals surface area contributed by atoms with Crippen molar-refractivity contribution >= 4 is 41.0 Å². The molecule has 2 aromatic rings. The number of ether oxygens (including phenoxy) is 1. The number of likely N-dealkylation sites (tertiary alicyclic amines) is 2. The number of benzene rings is 2. The first-order valence-corrected chi connectivity index (χ1v) is 16.8. The standard InChI is InChI=1S/C34H45ClN6O4/c1-22-18-23(19-28(35)31(22)36)20-30(32(42)39-14-8-25(9-15-39)24-6-12-37-13-7-24)45-34(44)40-16-10-27(11-17-40)41-21-26-4-2-3-5-29(26)38-33(41)43/h2-5,18-19,24-25,27,30,37H,6-17,20-21,36H2,1H3,(H,38,43)/t30-/m1/s1. The van der Waals surface area contributed by atoms with E-state index in [0.29, 0.717) is 68.1 Å². The molecule has 6 rings (SSSR count). The van der Waals surface area contributed by atoms with Crippen molar-refractivity contribution in [1.29, 1.82) is 0 Å². The summed E-state index contributed by atoms with van der Waals surface area (Å²) in [5.74, 6) is 1.19. The first-order chi connectivity index (χ1) is 21.8. The van der Waals surface area contributed by atoms with Crippen LogP contribution in [0.5, 0.6) is 0 Å². The van der Waals surface area contributed by atoms with Gasteiger partial charge in [-0.05, 0) is 99.2 Å². The van der Waals surface area contributed by atoms with E-state index in [2.05, 4.69) is 10.6 Å². The Morgan fingerprint density at radius 2 is 1.64 bits per heavy atom. The molecule has 0 radical (unpaired) electrons. The Hall–Kier alpha value is -3.50. The minimum absolute atomic E-state index is 0.0148. The third kappa shape index (κ3) is 7.17. The molecular weight excluding hydrogens is 592 g/mol. The normalized spacial score (nSPS) is 20.8. The van der Waals surface area contributed by atoms with Gasteiger partial charge in [0.25, 0.3) is 5.91 Å². The molecule has 4 amide bonds. The van der Waals surface area contributed by atoms with Crippen LogP contribution in [0.1, 0.15) is 55.2 Å². The molecule has 0 aromatic heterocycles. The van der Waals surface area contributed by atoms with Crippen LogP contribution in [0.4, 0.5) is 21.0 Å². The van der Waals surface area contributed by atoms with Crippen LogP contribution in [0.25, 0.3) is 0 Å². The average molecular weight is 637 g/mol. The van der Waals surface area contributed by atoms with E-state index in [1.54, 1.807) is 11.0 Å². The van der Waals surface area contributed by atoms with Crippen molar-refractivity contribution < 1.29 is 19.1 Å².